The van der Waals surface area contributed by atoms with Gasteiger partial charge >= 0.3 is 0 Å². The van der Waals surface area contributed by atoms with Crippen LogP contribution in [0.5, 0.6) is 0 Å². The standard InChI is InChI=1S/C18H20BrI/c1-4-18(2,3)14-11-9-13(10-12-14)17(19)15-7-5-6-8-16(15)20/h5-12,17H,4H2,1-3H3. The zero-order chi connectivity index (χ0) is 14.8. The molecule has 0 aliphatic heterocycles. The zero-order valence-corrected chi connectivity index (χ0v) is 15.9. The molecule has 0 aromatic heterocycles. The van der Waals surface area contributed by atoms with Gasteiger partial charge in [0, 0.05) is 3.57 Å². The molecule has 0 spiro atoms. The topological polar surface area (TPSA) is 0 Å². The molecule has 106 valence electrons. The van der Waals surface area contributed by atoms with Crippen LogP contribution in [0.15, 0.2) is 48.5 Å². The number of hydrogen-bond acceptors (Lipinski definition) is 0. The van der Waals surface area contributed by atoms with Gasteiger partial charge in [-0.25, -0.2) is 0 Å². The third kappa shape index (κ3) is 3.45. The Morgan fingerprint density at radius 2 is 1.65 bits per heavy atom. The summed E-state index contributed by atoms with van der Waals surface area (Å²) in [5.74, 6) is 0. The Balaban J connectivity index is 2.29. The van der Waals surface area contributed by atoms with E-state index in [9.17, 15) is 0 Å². The predicted molar refractivity (Wildman–Crippen MR) is 99.7 cm³/mol. The lowest BCUT2D eigenvalue weighted by Gasteiger charge is -2.24. The van der Waals surface area contributed by atoms with Gasteiger partial charge in [-0.05, 0) is 57.2 Å². The maximum atomic E-state index is 3.83. The fraction of sp³-hybridized carbons (Fsp3) is 0.333. The summed E-state index contributed by atoms with van der Waals surface area (Å²) in [6.07, 6.45) is 1.15. The molecule has 2 aromatic carbocycles. The van der Waals surface area contributed by atoms with Gasteiger partial charge in [0.1, 0.15) is 0 Å². The lowest BCUT2D eigenvalue weighted by atomic mass is 9.82. The second-order valence-corrected chi connectivity index (χ2v) is 7.82. The molecule has 1 atom stereocenters. The van der Waals surface area contributed by atoms with Crippen LogP contribution in [0, 0.1) is 3.57 Å². The summed E-state index contributed by atoms with van der Waals surface area (Å²) in [6, 6.07) is 17.5. The van der Waals surface area contributed by atoms with Crippen molar-refractivity contribution in [2.45, 2.75) is 37.4 Å². The van der Waals surface area contributed by atoms with Crippen LogP contribution in [0.3, 0.4) is 0 Å². The molecular formula is C18H20BrI. The van der Waals surface area contributed by atoms with Crippen molar-refractivity contribution in [2.75, 3.05) is 0 Å². The monoisotopic (exact) mass is 442 g/mol. The van der Waals surface area contributed by atoms with Gasteiger partial charge in [-0.2, -0.15) is 0 Å². The van der Waals surface area contributed by atoms with Crippen molar-refractivity contribution in [3.05, 3.63) is 68.8 Å². The molecule has 0 amide bonds. The number of alkyl halides is 1. The third-order valence-corrected chi connectivity index (χ3v) is 6.05. The van der Waals surface area contributed by atoms with Crippen molar-refractivity contribution in [2.24, 2.45) is 0 Å². The van der Waals surface area contributed by atoms with E-state index in [2.05, 4.69) is 108 Å². The SMILES string of the molecule is CCC(C)(C)c1ccc(C(Br)c2ccccc2I)cc1. The molecule has 0 saturated carbocycles. The molecule has 0 N–H and O–H groups in total. The maximum absolute atomic E-state index is 3.83. The molecule has 20 heavy (non-hydrogen) atoms. The van der Waals surface area contributed by atoms with E-state index in [0.29, 0.717) is 0 Å². The minimum Gasteiger partial charge on any atom is -0.0786 e. The lowest BCUT2D eigenvalue weighted by Crippen LogP contribution is -2.15. The van der Waals surface area contributed by atoms with E-state index in [-0.39, 0.29) is 10.2 Å². The van der Waals surface area contributed by atoms with Crippen LogP contribution in [0.4, 0.5) is 0 Å². The first kappa shape index (κ1) is 16.0. The molecule has 0 aliphatic rings. The Morgan fingerprint density at radius 1 is 1.05 bits per heavy atom. The maximum Gasteiger partial charge on any atom is 0.0654 e. The van der Waals surface area contributed by atoms with Crippen molar-refractivity contribution in [1.82, 2.24) is 0 Å². The fourth-order valence-corrected chi connectivity index (χ4v) is 4.00. The molecule has 0 saturated heterocycles. The van der Waals surface area contributed by atoms with Crippen LogP contribution in [0.25, 0.3) is 0 Å². The van der Waals surface area contributed by atoms with E-state index in [1.54, 1.807) is 0 Å². The number of benzene rings is 2. The van der Waals surface area contributed by atoms with E-state index in [4.69, 9.17) is 0 Å². The second kappa shape index (κ2) is 6.61. The smallest absolute Gasteiger partial charge is 0.0654 e. The largest absolute Gasteiger partial charge is 0.0786 e. The first-order chi connectivity index (χ1) is 9.45. The van der Waals surface area contributed by atoms with Gasteiger partial charge < -0.3 is 0 Å². The van der Waals surface area contributed by atoms with E-state index < -0.39 is 0 Å². The summed E-state index contributed by atoms with van der Waals surface area (Å²) in [7, 11) is 0. The van der Waals surface area contributed by atoms with E-state index in [1.807, 2.05) is 0 Å². The highest BCUT2D eigenvalue weighted by atomic mass is 127. The summed E-state index contributed by atoms with van der Waals surface area (Å²) in [5.41, 5.74) is 4.30. The molecule has 2 heteroatoms. The number of rotatable bonds is 4. The Labute approximate surface area is 144 Å². The van der Waals surface area contributed by atoms with Crippen molar-refractivity contribution >= 4 is 38.5 Å². The van der Waals surface area contributed by atoms with E-state index >= 15 is 0 Å². The molecule has 0 aliphatic carbocycles. The summed E-state index contributed by atoms with van der Waals surface area (Å²) in [6.45, 7) is 6.84. The second-order valence-electron chi connectivity index (χ2n) is 5.74. The molecule has 0 nitrogen and oxygen atoms in total. The van der Waals surface area contributed by atoms with Crippen molar-refractivity contribution in [1.29, 1.82) is 0 Å². The van der Waals surface area contributed by atoms with Crippen LogP contribution in [-0.4, -0.2) is 0 Å². The van der Waals surface area contributed by atoms with Crippen LogP contribution in [0.2, 0.25) is 0 Å². The van der Waals surface area contributed by atoms with Crippen molar-refractivity contribution in [3.8, 4) is 0 Å². The Bertz CT molecular complexity index is 572. The van der Waals surface area contributed by atoms with Gasteiger partial charge in [-0.15, -0.1) is 0 Å². The van der Waals surface area contributed by atoms with E-state index in [0.717, 1.165) is 6.42 Å². The molecule has 0 bridgehead atoms. The summed E-state index contributed by atoms with van der Waals surface area (Å²) >= 11 is 6.23. The van der Waals surface area contributed by atoms with Crippen LogP contribution in [0.1, 0.15) is 48.7 Å². The zero-order valence-electron chi connectivity index (χ0n) is 12.2. The summed E-state index contributed by atoms with van der Waals surface area (Å²) in [5, 5.41) is 0. The number of hydrogen-bond donors (Lipinski definition) is 0. The first-order valence-electron chi connectivity index (χ1n) is 6.94. The average molecular weight is 443 g/mol. The van der Waals surface area contributed by atoms with E-state index in [1.165, 1.54) is 20.3 Å². The van der Waals surface area contributed by atoms with Gasteiger partial charge in [-0.3, -0.25) is 0 Å². The molecule has 2 rings (SSSR count). The highest BCUT2D eigenvalue weighted by Gasteiger charge is 2.19. The fourth-order valence-electron chi connectivity index (χ4n) is 2.17. The van der Waals surface area contributed by atoms with Gasteiger partial charge in [0.2, 0.25) is 0 Å². The number of halogens is 2. The van der Waals surface area contributed by atoms with Crippen LogP contribution in [-0.2, 0) is 5.41 Å². The van der Waals surface area contributed by atoms with Gasteiger partial charge in [0.25, 0.3) is 0 Å². The molecule has 0 fully saturated rings. The quantitative estimate of drug-likeness (QED) is 0.376. The van der Waals surface area contributed by atoms with Gasteiger partial charge in [0.05, 0.1) is 4.83 Å². The minimum absolute atomic E-state index is 0.251. The molecule has 2 aromatic rings. The third-order valence-electron chi connectivity index (χ3n) is 4.05. The Hall–Kier alpha value is -0.350. The Kier molecular flexibility index (Phi) is 5.30. The molecular weight excluding hydrogens is 423 g/mol. The predicted octanol–water partition coefficient (Wildman–Crippen LogP) is 6.46. The summed E-state index contributed by atoms with van der Waals surface area (Å²) in [4.78, 5) is 0.259. The van der Waals surface area contributed by atoms with Crippen LogP contribution >= 0.6 is 38.5 Å². The van der Waals surface area contributed by atoms with Gasteiger partial charge in [-0.1, -0.05) is 79.2 Å². The highest BCUT2D eigenvalue weighted by molar-refractivity contribution is 14.1. The van der Waals surface area contributed by atoms with Crippen molar-refractivity contribution in [3.63, 3.8) is 0 Å². The molecule has 1 unspecified atom stereocenters. The first-order valence-corrected chi connectivity index (χ1v) is 8.94. The molecule has 0 radical (unpaired) electrons. The minimum atomic E-state index is 0.251. The summed E-state index contributed by atoms with van der Waals surface area (Å²) < 4.78 is 1.30. The van der Waals surface area contributed by atoms with Crippen LogP contribution < -0.4 is 0 Å². The molecule has 0 heterocycles. The lowest BCUT2D eigenvalue weighted by molar-refractivity contribution is 0.506. The highest BCUT2D eigenvalue weighted by Crippen LogP contribution is 2.35. The average Bonchev–Trinajstić information content (AvgIpc) is 2.47. The van der Waals surface area contributed by atoms with Gasteiger partial charge in [0.15, 0.2) is 0 Å². The van der Waals surface area contributed by atoms with Crippen molar-refractivity contribution < 1.29 is 0 Å². The Morgan fingerprint density at radius 3 is 2.20 bits per heavy atom. The normalized spacial score (nSPS) is 13.2.